The van der Waals surface area contributed by atoms with E-state index in [4.69, 9.17) is 5.26 Å². The van der Waals surface area contributed by atoms with Gasteiger partial charge >= 0.3 is 6.18 Å². The average molecular weight is 306 g/mol. The molecule has 0 aliphatic heterocycles. The minimum atomic E-state index is -4.58. The number of sulfonamides is 1. The van der Waals surface area contributed by atoms with E-state index in [2.05, 4.69) is 0 Å². The van der Waals surface area contributed by atoms with Crippen molar-refractivity contribution < 1.29 is 21.6 Å². The molecule has 110 valence electrons. The Labute approximate surface area is 115 Å². The molecular weight excluding hydrogens is 293 g/mol. The van der Waals surface area contributed by atoms with Gasteiger partial charge in [0.1, 0.15) is 6.54 Å². The summed E-state index contributed by atoms with van der Waals surface area (Å²) in [5.74, 6) is -0.525. The summed E-state index contributed by atoms with van der Waals surface area (Å²) in [6.07, 6.45) is -4.58. The van der Waals surface area contributed by atoms with E-state index >= 15 is 0 Å². The van der Waals surface area contributed by atoms with Crippen LogP contribution in [0.15, 0.2) is 24.3 Å². The lowest BCUT2D eigenvalue weighted by Gasteiger charge is -2.21. The van der Waals surface area contributed by atoms with Gasteiger partial charge in [-0.1, -0.05) is 19.1 Å². The van der Waals surface area contributed by atoms with Gasteiger partial charge < -0.3 is 0 Å². The lowest BCUT2D eigenvalue weighted by Crippen LogP contribution is -2.39. The number of nitriles is 1. The minimum Gasteiger partial charge on any atom is -0.212 e. The van der Waals surface area contributed by atoms with Crippen LogP contribution >= 0.6 is 0 Å². The molecule has 0 aliphatic rings. The first kappa shape index (κ1) is 16.5. The zero-order chi connectivity index (χ0) is 15.4. The molecule has 8 heteroatoms. The van der Waals surface area contributed by atoms with E-state index in [1.165, 1.54) is 31.2 Å². The van der Waals surface area contributed by atoms with E-state index in [1.54, 1.807) is 0 Å². The van der Waals surface area contributed by atoms with Crippen LogP contribution in [0.5, 0.6) is 0 Å². The molecule has 4 nitrogen and oxygen atoms in total. The van der Waals surface area contributed by atoms with Crippen molar-refractivity contribution in [2.24, 2.45) is 0 Å². The Kier molecular flexibility index (Phi) is 5.14. The highest BCUT2D eigenvalue weighted by atomic mass is 32.2. The van der Waals surface area contributed by atoms with E-state index in [-0.39, 0.29) is 6.54 Å². The molecular formula is C12H13F3N2O2S. The van der Waals surface area contributed by atoms with Crippen molar-refractivity contribution in [3.05, 3.63) is 35.4 Å². The quantitative estimate of drug-likeness (QED) is 0.838. The number of benzene rings is 1. The van der Waals surface area contributed by atoms with Gasteiger partial charge in [0, 0.05) is 6.54 Å². The third-order valence-electron chi connectivity index (χ3n) is 2.53. The lowest BCUT2D eigenvalue weighted by molar-refractivity contribution is -0.135. The number of rotatable bonds is 5. The van der Waals surface area contributed by atoms with Gasteiger partial charge in [0.2, 0.25) is 10.0 Å². The zero-order valence-corrected chi connectivity index (χ0v) is 11.5. The molecule has 0 bridgehead atoms. The average Bonchev–Trinajstić information content (AvgIpc) is 2.35. The molecule has 0 unspecified atom stereocenters. The molecule has 0 saturated carbocycles. The van der Waals surface area contributed by atoms with Gasteiger partial charge in [-0.3, -0.25) is 0 Å². The van der Waals surface area contributed by atoms with Crippen molar-refractivity contribution in [1.29, 1.82) is 5.26 Å². The Morgan fingerprint density at radius 3 is 2.20 bits per heavy atom. The van der Waals surface area contributed by atoms with E-state index in [1.807, 2.05) is 6.07 Å². The molecule has 1 rings (SSSR count). The number of hydrogen-bond donors (Lipinski definition) is 0. The van der Waals surface area contributed by atoms with Crippen LogP contribution in [0.1, 0.15) is 18.1 Å². The molecule has 0 atom stereocenters. The second-order valence-electron chi connectivity index (χ2n) is 4.11. The molecule has 1 aromatic carbocycles. The van der Waals surface area contributed by atoms with Gasteiger partial charge in [-0.15, -0.1) is 0 Å². The van der Waals surface area contributed by atoms with Gasteiger partial charge in [0.25, 0.3) is 0 Å². The van der Waals surface area contributed by atoms with Crippen molar-refractivity contribution in [3.63, 3.8) is 0 Å². The summed E-state index contributed by atoms with van der Waals surface area (Å²) in [4.78, 5) is 0. The van der Waals surface area contributed by atoms with E-state index in [9.17, 15) is 21.6 Å². The molecule has 0 spiro atoms. The fraction of sp³-hybridized carbons (Fsp3) is 0.417. The summed E-state index contributed by atoms with van der Waals surface area (Å²) in [7, 11) is -4.05. The number of halogens is 3. The molecule has 0 fully saturated rings. The topological polar surface area (TPSA) is 61.2 Å². The number of hydrogen-bond acceptors (Lipinski definition) is 3. The summed E-state index contributed by atoms with van der Waals surface area (Å²) in [5, 5.41) is 8.61. The molecule has 0 saturated heterocycles. The molecule has 0 N–H and O–H groups in total. The first-order valence-electron chi connectivity index (χ1n) is 5.71. The predicted octanol–water partition coefficient (Wildman–Crippen LogP) is 2.27. The minimum absolute atomic E-state index is 0.252. The summed E-state index contributed by atoms with van der Waals surface area (Å²) >= 11 is 0. The van der Waals surface area contributed by atoms with Gasteiger partial charge in [0.15, 0.2) is 0 Å². The first-order valence-corrected chi connectivity index (χ1v) is 7.32. The van der Waals surface area contributed by atoms with Gasteiger partial charge in [-0.2, -0.15) is 22.7 Å². The molecule has 0 aliphatic carbocycles. The third-order valence-corrected chi connectivity index (χ3v) is 4.41. The normalized spacial score (nSPS) is 12.4. The Morgan fingerprint density at radius 1 is 1.25 bits per heavy atom. The fourth-order valence-electron chi connectivity index (χ4n) is 1.58. The summed E-state index contributed by atoms with van der Waals surface area (Å²) < 4.78 is 61.2. The fourth-order valence-corrected chi connectivity index (χ4v) is 3.12. The number of nitrogens with zero attached hydrogens (tertiary/aromatic N) is 2. The highest BCUT2D eigenvalue weighted by Crippen LogP contribution is 2.20. The van der Waals surface area contributed by atoms with E-state index in [0.717, 1.165) is 0 Å². The van der Waals surface area contributed by atoms with Crippen LogP contribution in [0, 0.1) is 11.3 Å². The van der Waals surface area contributed by atoms with Crippen molar-refractivity contribution in [2.45, 2.75) is 18.9 Å². The highest BCUT2D eigenvalue weighted by Gasteiger charge is 2.35. The van der Waals surface area contributed by atoms with Crippen LogP contribution < -0.4 is 0 Å². The van der Waals surface area contributed by atoms with E-state index in [0.29, 0.717) is 15.4 Å². The maximum absolute atomic E-state index is 12.3. The summed E-state index contributed by atoms with van der Waals surface area (Å²) in [6.45, 7) is -0.400. The SMILES string of the molecule is CCN(CC(F)(F)F)S(=O)(=O)Cc1ccc(C#N)cc1. The molecule has 0 heterocycles. The van der Waals surface area contributed by atoms with Gasteiger partial charge in [0.05, 0.1) is 17.4 Å². The predicted molar refractivity (Wildman–Crippen MR) is 67.1 cm³/mol. The standard InChI is InChI=1S/C12H13F3N2O2S/c1-2-17(9-12(13,14)15)20(18,19)8-11-5-3-10(7-16)4-6-11/h3-6H,2,8-9H2,1H3. The van der Waals surface area contributed by atoms with Crippen molar-refractivity contribution >= 4 is 10.0 Å². The van der Waals surface area contributed by atoms with Crippen LogP contribution in [0.4, 0.5) is 13.2 Å². The number of alkyl halides is 3. The smallest absolute Gasteiger partial charge is 0.212 e. The first-order chi connectivity index (χ1) is 9.18. The molecule has 1 aromatic rings. The molecule has 0 aromatic heterocycles. The maximum atomic E-state index is 12.3. The lowest BCUT2D eigenvalue weighted by atomic mass is 10.2. The van der Waals surface area contributed by atoms with Crippen molar-refractivity contribution in [2.75, 3.05) is 13.1 Å². The molecule has 0 amide bonds. The van der Waals surface area contributed by atoms with Crippen LogP contribution in [-0.2, 0) is 15.8 Å². The van der Waals surface area contributed by atoms with Crippen LogP contribution in [0.25, 0.3) is 0 Å². The third kappa shape index (κ3) is 4.83. The van der Waals surface area contributed by atoms with E-state index < -0.39 is 28.5 Å². The Hall–Kier alpha value is -1.59. The summed E-state index contributed by atoms with van der Waals surface area (Å²) in [5.41, 5.74) is 0.693. The second kappa shape index (κ2) is 6.24. The van der Waals surface area contributed by atoms with Gasteiger partial charge in [-0.25, -0.2) is 8.42 Å². The Bertz CT molecular complexity index is 589. The van der Waals surface area contributed by atoms with Gasteiger partial charge in [-0.05, 0) is 17.7 Å². The Morgan fingerprint density at radius 2 is 1.80 bits per heavy atom. The van der Waals surface area contributed by atoms with Crippen LogP contribution in [0.2, 0.25) is 0 Å². The largest absolute Gasteiger partial charge is 0.402 e. The maximum Gasteiger partial charge on any atom is 0.402 e. The van der Waals surface area contributed by atoms with Crippen LogP contribution in [0.3, 0.4) is 0 Å². The molecule has 20 heavy (non-hydrogen) atoms. The van der Waals surface area contributed by atoms with Crippen molar-refractivity contribution in [1.82, 2.24) is 4.31 Å². The Balaban J connectivity index is 2.89. The van der Waals surface area contributed by atoms with Crippen molar-refractivity contribution in [3.8, 4) is 6.07 Å². The molecule has 0 radical (unpaired) electrons. The highest BCUT2D eigenvalue weighted by molar-refractivity contribution is 7.88. The zero-order valence-electron chi connectivity index (χ0n) is 10.7. The summed E-state index contributed by atoms with van der Waals surface area (Å²) in [6, 6.07) is 7.54. The monoisotopic (exact) mass is 306 g/mol. The second-order valence-corrected chi connectivity index (χ2v) is 6.08. The van der Waals surface area contributed by atoms with Crippen LogP contribution in [-0.4, -0.2) is 32.0 Å².